The van der Waals surface area contributed by atoms with E-state index in [1.807, 2.05) is 25.1 Å². The monoisotopic (exact) mass is 379 g/mol. The molecule has 3 aromatic rings. The second-order valence-electron chi connectivity index (χ2n) is 6.75. The van der Waals surface area contributed by atoms with Gasteiger partial charge in [0.2, 0.25) is 5.76 Å². The van der Waals surface area contributed by atoms with Crippen molar-refractivity contribution in [3.05, 3.63) is 69.6 Å². The number of benzene rings is 2. The largest absolute Gasteiger partial charge is 0.493 e. The van der Waals surface area contributed by atoms with E-state index in [9.17, 15) is 9.59 Å². The maximum Gasteiger partial charge on any atom is 0.290 e. The molecule has 1 aromatic heterocycles. The number of nitrogens with zero attached hydrogens (tertiary/aromatic N) is 1. The summed E-state index contributed by atoms with van der Waals surface area (Å²) in [5.41, 5.74) is 1.34. The van der Waals surface area contributed by atoms with E-state index in [0.29, 0.717) is 34.6 Å². The van der Waals surface area contributed by atoms with E-state index in [-0.39, 0.29) is 17.1 Å². The van der Waals surface area contributed by atoms with Crippen LogP contribution < -0.4 is 14.9 Å². The number of amides is 1. The molecule has 28 heavy (non-hydrogen) atoms. The summed E-state index contributed by atoms with van der Waals surface area (Å²) >= 11 is 0. The van der Waals surface area contributed by atoms with Crippen LogP contribution in [-0.4, -0.2) is 31.6 Å². The summed E-state index contributed by atoms with van der Waals surface area (Å²) in [5, 5.41) is 0.462. The summed E-state index contributed by atoms with van der Waals surface area (Å²) in [4.78, 5) is 27.5. The molecular formula is C22H21NO5. The zero-order valence-electron chi connectivity index (χ0n) is 16.0. The van der Waals surface area contributed by atoms with Gasteiger partial charge in [-0.25, -0.2) is 0 Å². The van der Waals surface area contributed by atoms with Crippen molar-refractivity contribution in [2.75, 3.05) is 20.8 Å². The maximum absolute atomic E-state index is 13.2. The van der Waals surface area contributed by atoms with E-state index in [4.69, 9.17) is 13.9 Å². The van der Waals surface area contributed by atoms with Gasteiger partial charge in [-0.2, -0.15) is 0 Å². The van der Waals surface area contributed by atoms with Crippen LogP contribution in [0.1, 0.15) is 41.1 Å². The lowest BCUT2D eigenvalue weighted by atomic mass is 9.98. The molecule has 1 aliphatic rings. The molecule has 0 unspecified atom stereocenters. The number of methoxy groups -OCH3 is 1. The van der Waals surface area contributed by atoms with Crippen LogP contribution in [0, 0.1) is 0 Å². The van der Waals surface area contributed by atoms with Crippen LogP contribution >= 0.6 is 0 Å². The lowest BCUT2D eigenvalue weighted by Crippen LogP contribution is -2.25. The normalized spacial score (nSPS) is 15.8. The SMILES string of the molecule is CCCOc1ccc([C@H]2c3c(oc4ccccc4c3=O)C(=O)N2C)cc1OC. The molecule has 0 bridgehead atoms. The Balaban J connectivity index is 1.87. The van der Waals surface area contributed by atoms with Crippen LogP contribution in [0.25, 0.3) is 11.0 Å². The average molecular weight is 379 g/mol. The lowest BCUT2D eigenvalue weighted by molar-refractivity contribution is 0.0771. The van der Waals surface area contributed by atoms with Crippen molar-refractivity contribution in [3.63, 3.8) is 0 Å². The van der Waals surface area contributed by atoms with Crippen molar-refractivity contribution in [1.29, 1.82) is 0 Å². The van der Waals surface area contributed by atoms with Gasteiger partial charge in [0.15, 0.2) is 16.9 Å². The summed E-state index contributed by atoms with van der Waals surface area (Å²) in [6.07, 6.45) is 0.881. The first-order valence-electron chi connectivity index (χ1n) is 9.20. The fraction of sp³-hybridized carbons (Fsp3) is 0.273. The highest BCUT2D eigenvalue weighted by molar-refractivity contribution is 5.98. The second kappa shape index (κ2) is 7.03. The number of rotatable bonds is 5. The standard InChI is InChI=1S/C22H21NO5/c1-4-11-27-16-10-9-13(12-17(16)26-3)19-18-20(24)14-7-5-6-8-15(14)28-21(18)22(25)23(19)2/h5-10,12,19H,4,11H2,1-3H3/t19-/m0/s1. The van der Waals surface area contributed by atoms with Crippen LogP contribution in [0.15, 0.2) is 51.7 Å². The zero-order valence-corrected chi connectivity index (χ0v) is 16.0. The molecule has 6 heteroatoms. The molecule has 1 aliphatic heterocycles. The number of para-hydroxylation sites is 1. The molecule has 0 spiro atoms. The van der Waals surface area contributed by atoms with Crippen LogP contribution in [0.5, 0.6) is 11.5 Å². The molecule has 4 rings (SSSR count). The quantitative estimate of drug-likeness (QED) is 0.675. The molecule has 0 saturated heterocycles. The van der Waals surface area contributed by atoms with Gasteiger partial charge in [0, 0.05) is 7.05 Å². The molecule has 0 aliphatic carbocycles. The third-order valence-electron chi connectivity index (χ3n) is 4.97. The Labute approximate surface area is 162 Å². The van der Waals surface area contributed by atoms with Crippen LogP contribution in [0.4, 0.5) is 0 Å². The smallest absolute Gasteiger partial charge is 0.290 e. The van der Waals surface area contributed by atoms with Crippen LogP contribution in [0.3, 0.4) is 0 Å². The average Bonchev–Trinajstić information content (AvgIpc) is 2.97. The van der Waals surface area contributed by atoms with E-state index in [1.165, 1.54) is 4.90 Å². The Morgan fingerprint density at radius 1 is 1.11 bits per heavy atom. The Kier molecular flexibility index (Phi) is 4.55. The number of hydrogen-bond donors (Lipinski definition) is 0. The highest BCUT2D eigenvalue weighted by atomic mass is 16.5. The molecule has 0 saturated carbocycles. The third kappa shape index (κ3) is 2.72. The highest BCUT2D eigenvalue weighted by Crippen LogP contribution is 2.40. The van der Waals surface area contributed by atoms with Gasteiger partial charge in [-0.15, -0.1) is 0 Å². The van der Waals surface area contributed by atoms with Crippen molar-refractivity contribution < 1.29 is 18.7 Å². The van der Waals surface area contributed by atoms with Gasteiger partial charge in [0.1, 0.15) is 5.58 Å². The van der Waals surface area contributed by atoms with Crippen molar-refractivity contribution >= 4 is 16.9 Å². The molecule has 144 valence electrons. The lowest BCUT2D eigenvalue weighted by Gasteiger charge is -2.21. The fourth-order valence-corrected chi connectivity index (χ4v) is 3.61. The van der Waals surface area contributed by atoms with Crippen molar-refractivity contribution in [2.24, 2.45) is 0 Å². The number of fused-ring (bicyclic) bond motifs is 2. The first kappa shape index (κ1) is 18.1. The molecular weight excluding hydrogens is 358 g/mol. The Hall–Kier alpha value is -3.28. The van der Waals surface area contributed by atoms with Gasteiger partial charge in [-0.1, -0.05) is 25.1 Å². The number of carbonyl (C=O) groups is 1. The minimum atomic E-state index is -0.544. The van der Waals surface area contributed by atoms with Crippen LogP contribution in [-0.2, 0) is 0 Å². The summed E-state index contributed by atoms with van der Waals surface area (Å²) in [6.45, 7) is 2.61. The summed E-state index contributed by atoms with van der Waals surface area (Å²) in [6, 6.07) is 11.9. The molecule has 0 fully saturated rings. The van der Waals surface area contributed by atoms with E-state index in [2.05, 4.69) is 0 Å². The highest BCUT2D eigenvalue weighted by Gasteiger charge is 2.40. The van der Waals surface area contributed by atoms with E-state index in [1.54, 1.807) is 38.4 Å². The fourth-order valence-electron chi connectivity index (χ4n) is 3.61. The zero-order chi connectivity index (χ0) is 19.8. The number of carbonyl (C=O) groups excluding carboxylic acids is 1. The molecule has 2 heterocycles. The summed E-state index contributed by atoms with van der Waals surface area (Å²) in [7, 11) is 3.23. The predicted molar refractivity (Wildman–Crippen MR) is 105 cm³/mol. The van der Waals surface area contributed by atoms with Crippen molar-refractivity contribution in [3.8, 4) is 11.5 Å². The van der Waals surface area contributed by atoms with Gasteiger partial charge in [0.25, 0.3) is 5.91 Å². The topological polar surface area (TPSA) is 69.0 Å². The predicted octanol–water partition coefficient (Wildman–Crippen LogP) is 3.77. The molecule has 6 nitrogen and oxygen atoms in total. The Morgan fingerprint density at radius 3 is 2.64 bits per heavy atom. The van der Waals surface area contributed by atoms with Gasteiger partial charge >= 0.3 is 0 Å². The van der Waals surface area contributed by atoms with Gasteiger partial charge in [-0.05, 0) is 36.2 Å². The minimum absolute atomic E-state index is 0.0986. The van der Waals surface area contributed by atoms with Gasteiger partial charge in [0.05, 0.1) is 30.7 Å². The van der Waals surface area contributed by atoms with Gasteiger partial charge in [-0.3, -0.25) is 9.59 Å². The third-order valence-corrected chi connectivity index (χ3v) is 4.97. The van der Waals surface area contributed by atoms with Crippen LogP contribution in [0.2, 0.25) is 0 Å². The Bertz CT molecular complexity index is 1120. The molecule has 1 atom stereocenters. The summed E-state index contributed by atoms with van der Waals surface area (Å²) < 4.78 is 17.0. The first-order chi connectivity index (χ1) is 13.6. The minimum Gasteiger partial charge on any atom is -0.493 e. The molecule has 2 aromatic carbocycles. The summed E-state index contributed by atoms with van der Waals surface area (Å²) in [5.74, 6) is 0.978. The number of hydrogen-bond acceptors (Lipinski definition) is 5. The number of ether oxygens (including phenoxy) is 2. The first-order valence-corrected chi connectivity index (χ1v) is 9.20. The van der Waals surface area contributed by atoms with Gasteiger partial charge < -0.3 is 18.8 Å². The molecule has 0 radical (unpaired) electrons. The van der Waals surface area contributed by atoms with E-state index >= 15 is 0 Å². The molecule has 0 N–H and O–H groups in total. The van der Waals surface area contributed by atoms with E-state index < -0.39 is 6.04 Å². The maximum atomic E-state index is 13.2. The second-order valence-corrected chi connectivity index (χ2v) is 6.75. The van der Waals surface area contributed by atoms with E-state index in [0.717, 1.165) is 12.0 Å². The van der Waals surface area contributed by atoms with Crippen molar-refractivity contribution in [2.45, 2.75) is 19.4 Å². The molecule has 1 amide bonds. The van der Waals surface area contributed by atoms with Crippen molar-refractivity contribution in [1.82, 2.24) is 4.90 Å². The Morgan fingerprint density at radius 2 is 1.89 bits per heavy atom.